The van der Waals surface area contributed by atoms with E-state index in [9.17, 15) is 28.1 Å². The van der Waals surface area contributed by atoms with Crippen molar-refractivity contribution in [3.8, 4) is 0 Å². The summed E-state index contributed by atoms with van der Waals surface area (Å²) in [5.41, 5.74) is 5.21. The quantitative estimate of drug-likeness (QED) is 0.360. The lowest BCUT2D eigenvalue weighted by atomic mass is 10.2. The van der Waals surface area contributed by atoms with Crippen molar-refractivity contribution in [3.05, 3.63) is 111 Å². The number of carbonyl (C=O) groups excluding carboxylic acids is 2. The molecule has 0 saturated carbocycles. The molecule has 0 aliphatic carbocycles. The van der Waals surface area contributed by atoms with Crippen LogP contribution in [0.1, 0.15) is 26.3 Å². The van der Waals surface area contributed by atoms with Gasteiger partial charge < -0.3 is 0 Å². The van der Waals surface area contributed by atoms with Gasteiger partial charge in [0.25, 0.3) is 27.5 Å². The molecule has 2 amide bonds. The number of hydrazine groups is 1. The smallest absolute Gasteiger partial charge is 0.270 e. The minimum absolute atomic E-state index is 0.00203. The van der Waals surface area contributed by atoms with E-state index in [1.165, 1.54) is 48.5 Å². The molecule has 0 aliphatic heterocycles. The number of nitrogens with one attached hydrogen (secondary N) is 3. The van der Waals surface area contributed by atoms with Crippen molar-refractivity contribution in [3.63, 3.8) is 0 Å². The van der Waals surface area contributed by atoms with Crippen LogP contribution < -0.4 is 15.6 Å². The van der Waals surface area contributed by atoms with Crippen LogP contribution in [0.3, 0.4) is 0 Å². The van der Waals surface area contributed by atoms with E-state index < -0.39 is 26.8 Å². The number of nitrogens with zero attached hydrogens (tertiary/aromatic N) is 1. The van der Waals surface area contributed by atoms with Crippen LogP contribution in [-0.2, 0) is 10.0 Å². The van der Waals surface area contributed by atoms with Gasteiger partial charge in [0.15, 0.2) is 0 Å². The Morgan fingerprint density at radius 3 is 2.09 bits per heavy atom. The highest BCUT2D eigenvalue weighted by Gasteiger charge is 2.13. The zero-order chi connectivity index (χ0) is 23.8. The molecule has 0 radical (unpaired) electrons. The summed E-state index contributed by atoms with van der Waals surface area (Å²) < 4.78 is 26.8. The van der Waals surface area contributed by atoms with Crippen molar-refractivity contribution < 1.29 is 22.9 Å². The van der Waals surface area contributed by atoms with Gasteiger partial charge in [-0.05, 0) is 42.0 Å². The molecule has 0 unspecified atom stereocenters. The van der Waals surface area contributed by atoms with Crippen LogP contribution >= 0.6 is 0 Å². The molecule has 168 valence electrons. The second kappa shape index (κ2) is 10.2. The number of anilines is 1. The first kappa shape index (κ1) is 23.2. The van der Waals surface area contributed by atoms with Gasteiger partial charge in [0.05, 0.1) is 10.3 Å². The van der Waals surface area contributed by atoms with Crippen LogP contribution in [0, 0.1) is 10.1 Å². The minimum Gasteiger partial charge on any atom is -0.280 e. The molecule has 11 heteroatoms. The van der Waals surface area contributed by atoms with Crippen molar-refractivity contribution in [1.29, 1.82) is 0 Å². The van der Waals surface area contributed by atoms with Crippen LogP contribution in [-0.4, -0.2) is 25.2 Å². The van der Waals surface area contributed by atoms with Gasteiger partial charge >= 0.3 is 0 Å². The Kier molecular flexibility index (Phi) is 7.16. The lowest BCUT2D eigenvalue weighted by Crippen LogP contribution is -2.41. The summed E-state index contributed by atoms with van der Waals surface area (Å²) >= 11 is 0. The van der Waals surface area contributed by atoms with E-state index in [4.69, 9.17) is 0 Å². The molecule has 0 fully saturated rings. The standard InChI is InChI=1S/C22H18N4O6S/c27-21(23-24-22(28)18-7-4-8-20(15-18)26(29)30)17-9-11-19(12-10-17)25-33(31,32)14-13-16-5-2-1-3-6-16/h1-15,25H,(H,23,27)(H,24,28)/b14-13+. The van der Waals surface area contributed by atoms with Gasteiger partial charge in [0, 0.05) is 28.9 Å². The summed E-state index contributed by atoms with van der Waals surface area (Å²) in [5.74, 6) is -1.39. The molecule has 0 aliphatic rings. The summed E-state index contributed by atoms with van der Waals surface area (Å²) in [5, 5.41) is 11.8. The number of rotatable bonds is 7. The number of carbonyl (C=O) groups is 2. The first-order chi connectivity index (χ1) is 15.7. The maximum Gasteiger partial charge on any atom is 0.270 e. The third-order valence-corrected chi connectivity index (χ3v) is 5.27. The Morgan fingerprint density at radius 1 is 0.818 bits per heavy atom. The van der Waals surface area contributed by atoms with Gasteiger partial charge in [-0.2, -0.15) is 0 Å². The highest BCUT2D eigenvalue weighted by Crippen LogP contribution is 2.14. The molecule has 3 N–H and O–H groups in total. The summed E-state index contributed by atoms with van der Waals surface area (Å²) in [6.07, 6.45) is 1.45. The number of hydrogen-bond acceptors (Lipinski definition) is 6. The summed E-state index contributed by atoms with van der Waals surface area (Å²) in [7, 11) is -3.76. The number of nitro groups is 1. The Balaban J connectivity index is 1.57. The predicted octanol–water partition coefficient (Wildman–Crippen LogP) is 3.08. The van der Waals surface area contributed by atoms with Crippen molar-refractivity contribution in [2.75, 3.05) is 4.72 Å². The summed E-state index contributed by atoms with van der Waals surface area (Å²) in [4.78, 5) is 34.5. The Bertz CT molecular complexity index is 1310. The molecule has 3 aromatic rings. The number of benzene rings is 3. The fourth-order valence-electron chi connectivity index (χ4n) is 2.64. The third-order valence-electron chi connectivity index (χ3n) is 4.26. The first-order valence-corrected chi connectivity index (χ1v) is 11.0. The maximum atomic E-state index is 12.2. The zero-order valence-corrected chi connectivity index (χ0v) is 17.8. The molecular formula is C22H18N4O6S. The molecule has 0 heterocycles. The van der Waals surface area contributed by atoms with Gasteiger partial charge in [0.1, 0.15) is 0 Å². The maximum absolute atomic E-state index is 12.2. The normalized spacial score (nSPS) is 11.0. The highest BCUT2D eigenvalue weighted by molar-refractivity contribution is 7.95. The van der Waals surface area contributed by atoms with Crippen LogP contribution in [0.4, 0.5) is 11.4 Å². The Hall–Kier alpha value is -4.51. The molecule has 0 aromatic heterocycles. The number of sulfonamides is 1. The van der Waals surface area contributed by atoms with Crippen molar-refractivity contribution in [2.45, 2.75) is 0 Å². The fraction of sp³-hybridized carbons (Fsp3) is 0. The van der Waals surface area contributed by atoms with E-state index in [1.807, 2.05) is 6.07 Å². The van der Waals surface area contributed by atoms with Gasteiger partial charge in [0.2, 0.25) is 0 Å². The third kappa shape index (κ3) is 6.74. The van der Waals surface area contributed by atoms with Crippen LogP contribution in [0.2, 0.25) is 0 Å². The number of hydrogen-bond donors (Lipinski definition) is 3. The molecule has 3 aromatic carbocycles. The lowest BCUT2D eigenvalue weighted by molar-refractivity contribution is -0.384. The molecule has 0 atom stereocenters. The Labute approximate surface area is 189 Å². The van der Waals surface area contributed by atoms with Gasteiger partial charge in [-0.3, -0.25) is 35.3 Å². The summed E-state index contributed by atoms with van der Waals surface area (Å²) in [6, 6.07) is 19.5. The average Bonchev–Trinajstić information content (AvgIpc) is 2.82. The van der Waals surface area contributed by atoms with E-state index in [0.717, 1.165) is 17.0 Å². The fourth-order valence-corrected chi connectivity index (χ4v) is 3.51. The van der Waals surface area contributed by atoms with Crippen molar-refractivity contribution in [1.82, 2.24) is 10.9 Å². The molecule has 0 bridgehead atoms. The molecule has 10 nitrogen and oxygen atoms in total. The largest absolute Gasteiger partial charge is 0.280 e. The molecule has 33 heavy (non-hydrogen) atoms. The lowest BCUT2D eigenvalue weighted by Gasteiger charge is -2.09. The van der Waals surface area contributed by atoms with E-state index in [0.29, 0.717) is 0 Å². The van der Waals surface area contributed by atoms with Crippen LogP contribution in [0.5, 0.6) is 0 Å². The monoisotopic (exact) mass is 466 g/mol. The van der Waals surface area contributed by atoms with E-state index in [1.54, 1.807) is 24.3 Å². The molecule has 0 spiro atoms. The van der Waals surface area contributed by atoms with Crippen molar-refractivity contribution >= 4 is 39.3 Å². The van der Waals surface area contributed by atoms with E-state index >= 15 is 0 Å². The van der Waals surface area contributed by atoms with Gasteiger partial charge in [-0.25, -0.2) is 8.42 Å². The molecular weight excluding hydrogens is 448 g/mol. The topological polar surface area (TPSA) is 148 Å². The van der Waals surface area contributed by atoms with Crippen LogP contribution in [0.15, 0.2) is 84.3 Å². The SMILES string of the molecule is O=C(NNC(=O)c1cccc([N+](=O)[O-])c1)c1ccc(NS(=O)(=O)/C=C/c2ccccc2)cc1. The average molecular weight is 466 g/mol. The number of nitro benzene ring substituents is 1. The van der Waals surface area contributed by atoms with E-state index in [2.05, 4.69) is 15.6 Å². The Morgan fingerprint density at radius 2 is 1.45 bits per heavy atom. The summed E-state index contributed by atoms with van der Waals surface area (Å²) in [6.45, 7) is 0. The first-order valence-electron chi connectivity index (χ1n) is 9.45. The highest BCUT2D eigenvalue weighted by atomic mass is 32.2. The molecule has 3 rings (SSSR count). The van der Waals surface area contributed by atoms with Crippen LogP contribution in [0.25, 0.3) is 6.08 Å². The zero-order valence-electron chi connectivity index (χ0n) is 17.0. The second-order valence-corrected chi connectivity index (χ2v) is 8.22. The molecule has 0 saturated heterocycles. The van der Waals surface area contributed by atoms with Gasteiger partial charge in [-0.15, -0.1) is 0 Å². The predicted molar refractivity (Wildman–Crippen MR) is 122 cm³/mol. The van der Waals surface area contributed by atoms with E-state index in [-0.39, 0.29) is 22.5 Å². The van der Waals surface area contributed by atoms with Gasteiger partial charge in [-0.1, -0.05) is 36.4 Å². The van der Waals surface area contributed by atoms with Crippen molar-refractivity contribution in [2.24, 2.45) is 0 Å². The number of non-ortho nitro benzene ring substituents is 1. The minimum atomic E-state index is -3.76. The second-order valence-electron chi connectivity index (χ2n) is 6.65. The number of amides is 2.